The van der Waals surface area contributed by atoms with E-state index in [4.69, 9.17) is 0 Å². The van der Waals surface area contributed by atoms with Crippen LogP contribution in [0, 0.1) is 12.8 Å². The number of anilines is 1. The van der Waals surface area contributed by atoms with Gasteiger partial charge in [0.25, 0.3) is 0 Å². The maximum absolute atomic E-state index is 12.3. The molecule has 1 unspecified atom stereocenters. The predicted octanol–water partition coefficient (Wildman–Crippen LogP) is 2.28. The quantitative estimate of drug-likeness (QED) is 0.889. The molecule has 1 aromatic heterocycles. The molecule has 0 bridgehead atoms. The first kappa shape index (κ1) is 13.7. The summed E-state index contributed by atoms with van der Waals surface area (Å²) in [5.41, 5.74) is 2.96. The summed E-state index contributed by atoms with van der Waals surface area (Å²) in [7, 11) is 0. The molecule has 0 radical (unpaired) electrons. The topological polar surface area (TPSA) is 65.2 Å². The zero-order valence-electron chi connectivity index (χ0n) is 12.3. The minimum Gasteiger partial charge on any atom is -0.359 e. The number of carbonyl (C=O) groups is 2. The lowest BCUT2D eigenvalue weighted by molar-refractivity contribution is -0.128. The molecule has 1 atom stereocenters. The van der Waals surface area contributed by atoms with E-state index in [1.54, 1.807) is 11.8 Å². The van der Waals surface area contributed by atoms with Crippen LogP contribution >= 0.6 is 0 Å². The van der Waals surface area contributed by atoms with Crippen LogP contribution in [0.25, 0.3) is 10.9 Å². The average molecular weight is 285 g/mol. The molecule has 5 nitrogen and oxygen atoms in total. The lowest BCUT2D eigenvalue weighted by Gasteiger charge is -2.14. The predicted molar refractivity (Wildman–Crippen MR) is 82.0 cm³/mol. The Labute approximate surface area is 123 Å². The van der Waals surface area contributed by atoms with E-state index in [1.165, 1.54) is 0 Å². The Bertz CT molecular complexity index is 705. The van der Waals surface area contributed by atoms with Crippen LogP contribution in [0.4, 0.5) is 5.69 Å². The molecular formula is C16H19N3O2. The average Bonchev–Trinajstić information content (AvgIpc) is 3.03. The Morgan fingerprint density at radius 1 is 1.33 bits per heavy atom. The second kappa shape index (κ2) is 5.24. The van der Waals surface area contributed by atoms with Crippen molar-refractivity contribution >= 4 is 28.4 Å². The minimum atomic E-state index is -0.113. The van der Waals surface area contributed by atoms with Crippen LogP contribution in [0.3, 0.4) is 0 Å². The molecule has 1 aromatic carbocycles. The number of aryl methyl sites for hydroxylation is 1. The molecular weight excluding hydrogens is 266 g/mol. The number of likely N-dealkylation sites (tertiary alicyclic amines) is 1. The van der Waals surface area contributed by atoms with E-state index in [0.717, 1.165) is 28.7 Å². The fourth-order valence-corrected chi connectivity index (χ4v) is 2.86. The third-order valence-corrected chi connectivity index (χ3v) is 4.03. The third kappa shape index (κ3) is 2.77. The number of carbonyl (C=O) groups excluding carboxylic acids is 2. The van der Waals surface area contributed by atoms with E-state index < -0.39 is 0 Å². The number of nitrogens with zero attached hydrogens (tertiary/aromatic N) is 1. The third-order valence-electron chi connectivity index (χ3n) is 4.03. The van der Waals surface area contributed by atoms with Crippen LogP contribution in [0.5, 0.6) is 0 Å². The fraction of sp³-hybridized carbons (Fsp3) is 0.375. The van der Waals surface area contributed by atoms with Gasteiger partial charge in [-0.2, -0.15) is 0 Å². The molecule has 0 saturated carbocycles. The number of aromatic nitrogens is 1. The van der Waals surface area contributed by atoms with E-state index >= 15 is 0 Å². The van der Waals surface area contributed by atoms with Crippen LogP contribution in [0.15, 0.2) is 24.3 Å². The number of amides is 2. The zero-order valence-corrected chi connectivity index (χ0v) is 12.3. The summed E-state index contributed by atoms with van der Waals surface area (Å²) in [5.74, 6) is -0.0857. The van der Waals surface area contributed by atoms with Gasteiger partial charge in [-0.25, -0.2) is 0 Å². The molecule has 110 valence electrons. The Morgan fingerprint density at radius 3 is 2.86 bits per heavy atom. The van der Waals surface area contributed by atoms with Crippen molar-refractivity contribution in [2.24, 2.45) is 5.92 Å². The van der Waals surface area contributed by atoms with Crippen molar-refractivity contribution < 1.29 is 9.59 Å². The number of H-pyrrole nitrogens is 1. The fourth-order valence-electron chi connectivity index (χ4n) is 2.86. The van der Waals surface area contributed by atoms with Gasteiger partial charge in [-0.1, -0.05) is 0 Å². The number of benzene rings is 1. The molecule has 3 rings (SSSR count). The summed E-state index contributed by atoms with van der Waals surface area (Å²) >= 11 is 0. The first-order valence-corrected chi connectivity index (χ1v) is 7.18. The van der Waals surface area contributed by atoms with E-state index in [0.29, 0.717) is 13.1 Å². The molecule has 0 aliphatic carbocycles. The van der Waals surface area contributed by atoms with Gasteiger partial charge in [-0.05, 0) is 37.6 Å². The summed E-state index contributed by atoms with van der Waals surface area (Å²) in [6.45, 7) is 4.74. The molecule has 2 amide bonds. The van der Waals surface area contributed by atoms with Gasteiger partial charge in [-0.15, -0.1) is 0 Å². The van der Waals surface area contributed by atoms with Crippen LogP contribution in [0.2, 0.25) is 0 Å². The van der Waals surface area contributed by atoms with Crippen molar-refractivity contribution in [1.29, 1.82) is 0 Å². The summed E-state index contributed by atoms with van der Waals surface area (Å²) in [4.78, 5) is 28.6. The van der Waals surface area contributed by atoms with Crippen molar-refractivity contribution in [3.05, 3.63) is 30.0 Å². The number of aromatic amines is 1. The molecule has 2 aromatic rings. The summed E-state index contributed by atoms with van der Waals surface area (Å²) < 4.78 is 0. The first-order chi connectivity index (χ1) is 10.0. The number of hydrogen-bond donors (Lipinski definition) is 2. The Kier molecular flexibility index (Phi) is 3.41. The van der Waals surface area contributed by atoms with Gasteiger partial charge in [0.15, 0.2) is 0 Å². The van der Waals surface area contributed by atoms with E-state index in [1.807, 2.05) is 25.1 Å². The van der Waals surface area contributed by atoms with Crippen molar-refractivity contribution in [2.45, 2.75) is 20.3 Å². The largest absolute Gasteiger partial charge is 0.359 e. The highest BCUT2D eigenvalue weighted by molar-refractivity contribution is 5.95. The lowest BCUT2D eigenvalue weighted by atomic mass is 10.1. The zero-order chi connectivity index (χ0) is 15.0. The maximum Gasteiger partial charge on any atom is 0.229 e. The molecule has 21 heavy (non-hydrogen) atoms. The van der Waals surface area contributed by atoms with Gasteiger partial charge in [0.05, 0.1) is 5.92 Å². The van der Waals surface area contributed by atoms with Gasteiger partial charge in [0, 0.05) is 42.3 Å². The molecule has 2 N–H and O–H groups in total. The highest BCUT2D eigenvalue weighted by atomic mass is 16.2. The number of hydrogen-bond acceptors (Lipinski definition) is 2. The van der Waals surface area contributed by atoms with Crippen molar-refractivity contribution in [3.63, 3.8) is 0 Å². The summed E-state index contributed by atoms with van der Waals surface area (Å²) in [6, 6.07) is 7.88. The Hall–Kier alpha value is -2.30. The SMILES string of the molecule is CC(=O)N1CCC(C(=O)Nc2ccc3[nH]c(C)cc3c2)C1. The van der Waals surface area contributed by atoms with Gasteiger partial charge >= 0.3 is 0 Å². The van der Waals surface area contributed by atoms with E-state index in [2.05, 4.69) is 16.4 Å². The van der Waals surface area contributed by atoms with Gasteiger partial charge in [-0.3, -0.25) is 9.59 Å². The van der Waals surface area contributed by atoms with Crippen LogP contribution < -0.4 is 5.32 Å². The molecule has 2 heterocycles. The van der Waals surface area contributed by atoms with Crippen LogP contribution in [0.1, 0.15) is 19.0 Å². The molecule has 1 fully saturated rings. The van der Waals surface area contributed by atoms with Crippen molar-refractivity contribution in [1.82, 2.24) is 9.88 Å². The molecule has 0 spiro atoms. The van der Waals surface area contributed by atoms with Crippen molar-refractivity contribution in [3.8, 4) is 0 Å². The monoisotopic (exact) mass is 285 g/mol. The number of rotatable bonds is 2. The van der Waals surface area contributed by atoms with Crippen molar-refractivity contribution in [2.75, 3.05) is 18.4 Å². The minimum absolute atomic E-state index is 0.00893. The Morgan fingerprint density at radius 2 is 2.14 bits per heavy atom. The molecule has 5 heteroatoms. The van der Waals surface area contributed by atoms with E-state index in [-0.39, 0.29) is 17.7 Å². The van der Waals surface area contributed by atoms with Crippen LogP contribution in [-0.4, -0.2) is 34.8 Å². The smallest absolute Gasteiger partial charge is 0.229 e. The van der Waals surface area contributed by atoms with Gasteiger partial charge < -0.3 is 15.2 Å². The molecule has 1 aliphatic heterocycles. The standard InChI is InChI=1S/C16H19N3O2/c1-10-7-13-8-14(3-4-15(13)17-10)18-16(21)12-5-6-19(9-12)11(2)20/h3-4,7-8,12,17H,5-6,9H2,1-2H3,(H,18,21). The van der Waals surface area contributed by atoms with E-state index in [9.17, 15) is 9.59 Å². The maximum atomic E-state index is 12.3. The second-order valence-electron chi connectivity index (χ2n) is 5.69. The molecule has 1 aliphatic rings. The lowest BCUT2D eigenvalue weighted by Crippen LogP contribution is -2.29. The van der Waals surface area contributed by atoms with Gasteiger partial charge in [0.1, 0.15) is 0 Å². The highest BCUT2D eigenvalue weighted by Gasteiger charge is 2.29. The van der Waals surface area contributed by atoms with Gasteiger partial charge in [0.2, 0.25) is 11.8 Å². The normalized spacial score (nSPS) is 18.2. The summed E-state index contributed by atoms with van der Waals surface area (Å²) in [5, 5.41) is 4.04. The Balaban J connectivity index is 1.70. The number of fused-ring (bicyclic) bond motifs is 1. The van der Waals surface area contributed by atoms with Crippen LogP contribution in [-0.2, 0) is 9.59 Å². The number of nitrogens with one attached hydrogen (secondary N) is 2. The first-order valence-electron chi connectivity index (χ1n) is 7.18. The second-order valence-corrected chi connectivity index (χ2v) is 5.69. The highest BCUT2D eigenvalue weighted by Crippen LogP contribution is 2.22. The molecule has 1 saturated heterocycles. The summed E-state index contributed by atoms with van der Waals surface area (Å²) in [6.07, 6.45) is 0.733.